The SMILES string of the molecule is CCOc1ccc(C(=O)NCC(=O)N2CCOC(c3ccccc3)C2)cc1. The minimum absolute atomic E-state index is 0.0342. The normalized spacial score (nSPS) is 16.6. The fraction of sp³-hybridized carbons (Fsp3) is 0.333. The van der Waals surface area contributed by atoms with Gasteiger partial charge in [0.2, 0.25) is 5.91 Å². The number of ether oxygens (including phenoxy) is 2. The van der Waals surface area contributed by atoms with Crippen molar-refractivity contribution in [1.29, 1.82) is 0 Å². The third kappa shape index (κ3) is 5.08. The maximum Gasteiger partial charge on any atom is 0.251 e. The van der Waals surface area contributed by atoms with Crippen LogP contribution in [0.25, 0.3) is 0 Å². The fourth-order valence-corrected chi connectivity index (χ4v) is 2.98. The standard InChI is InChI=1S/C21H24N2O4/c1-2-26-18-10-8-17(9-11-18)21(25)22-14-20(24)23-12-13-27-19(15-23)16-6-4-3-5-7-16/h3-11,19H,2,12-15H2,1H3,(H,22,25). The summed E-state index contributed by atoms with van der Waals surface area (Å²) in [6.45, 7) is 3.94. The molecule has 2 aromatic carbocycles. The molecular formula is C21H24N2O4. The Hall–Kier alpha value is -2.86. The molecule has 0 spiro atoms. The smallest absolute Gasteiger partial charge is 0.251 e. The van der Waals surface area contributed by atoms with Gasteiger partial charge in [0.15, 0.2) is 0 Å². The lowest BCUT2D eigenvalue weighted by molar-refractivity contribution is -0.137. The molecule has 27 heavy (non-hydrogen) atoms. The minimum atomic E-state index is -0.278. The quantitative estimate of drug-likeness (QED) is 0.850. The number of carbonyl (C=O) groups is 2. The van der Waals surface area contributed by atoms with Crippen molar-refractivity contribution in [2.24, 2.45) is 0 Å². The molecule has 1 unspecified atom stereocenters. The van der Waals surface area contributed by atoms with Gasteiger partial charge in [-0.15, -0.1) is 0 Å². The summed E-state index contributed by atoms with van der Waals surface area (Å²) in [6, 6.07) is 16.7. The Bertz CT molecular complexity index is 762. The molecule has 1 aliphatic heterocycles. The van der Waals surface area contributed by atoms with Crippen molar-refractivity contribution in [2.75, 3.05) is 32.8 Å². The molecule has 3 rings (SSSR count). The van der Waals surface area contributed by atoms with Crippen LogP contribution in [-0.4, -0.2) is 49.6 Å². The van der Waals surface area contributed by atoms with E-state index in [2.05, 4.69) is 5.32 Å². The Morgan fingerprint density at radius 3 is 2.59 bits per heavy atom. The minimum Gasteiger partial charge on any atom is -0.494 e. The predicted octanol–water partition coefficient (Wildman–Crippen LogP) is 2.42. The van der Waals surface area contributed by atoms with Crippen LogP contribution in [0.15, 0.2) is 54.6 Å². The van der Waals surface area contributed by atoms with Crippen LogP contribution in [0.1, 0.15) is 28.9 Å². The van der Waals surface area contributed by atoms with Gasteiger partial charge < -0.3 is 19.7 Å². The molecule has 1 atom stereocenters. The van der Waals surface area contributed by atoms with E-state index in [0.717, 1.165) is 5.56 Å². The summed E-state index contributed by atoms with van der Waals surface area (Å²) < 4.78 is 11.1. The highest BCUT2D eigenvalue weighted by Crippen LogP contribution is 2.21. The molecule has 1 aliphatic rings. The maximum atomic E-state index is 12.5. The highest BCUT2D eigenvalue weighted by molar-refractivity contribution is 5.96. The average molecular weight is 368 g/mol. The molecule has 0 radical (unpaired) electrons. The number of amides is 2. The number of morpholine rings is 1. The zero-order valence-electron chi connectivity index (χ0n) is 15.4. The van der Waals surface area contributed by atoms with Crippen LogP contribution in [0.4, 0.5) is 0 Å². The third-order valence-corrected chi connectivity index (χ3v) is 4.42. The van der Waals surface area contributed by atoms with E-state index in [1.54, 1.807) is 29.2 Å². The van der Waals surface area contributed by atoms with E-state index in [-0.39, 0.29) is 24.5 Å². The van der Waals surface area contributed by atoms with E-state index in [1.807, 2.05) is 37.3 Å². The molecule has 0 aromatic heterocycles. The van der Waals surface area contributed by atoms with Crippen LogP contribution in [-0.2, 0) is 9.53 Å². The Morgan fingerprint density at radius 1 is 1.15 bits per heavy atom. The van der Waals surface area contributed by atoms with Gasteiger partial charge in [0.25, 0.3) is 5.91 Å². The predicted molar refractivity (Wildman–Crippen MR) is 102 cm³/mol. The number of nitrogens with zero attached hydrogens (tertiary/aromatic N) is 1. The fourth-order valence-electron chi connectivity index (χ4n) is 2.98. The molecule has 0 bridgehead atoms. The van der Waals surface area contributed by atoms with Crippen LogP contribution in [0, 0.1) is 0 Å². The van der Waals surface area contributed by atoms with Gasteiger partial charge in [-0.1, -0.05) is 30.3 Å². The van der Waals surface area contributed by atoms with E-state index >= 15 is 0 Å². The summed E-state index contributed by atoms with van der Waals surface area (Å²) >= 11 is 0. The number of hydrogen-bond acceptors (Lipinski definition) is 4. The summed E-state index contributed by atoms with van der Waals surface area (Å²) in [7, 11) is 0. The molecule has 1 saturated heterocycles. The zero-order valence-corrected chi connectivity index (χ0v) is 15.4. The topological polar surface area (TPSA) is 67.9 Å². The van der Waals surface area contributed by atoms with Crippen LogP contribution in [0.3, 0.4) is 0 Å². The maximum absolute atomic E-state index is 12.5. The second-order valence-electron chi connectivity index (χ2n) is 6.25. The van der Waals surface area contributed by atoms with Gasteiger partial charge >= 0.3 is 0 Å². The van der Waals surface area contributed by atoms with Crippen molar-refractivity contribution in [2.45, 2.75) is 13.0 Å². The molecule has 6 nitrogen and oxygen atoms in total. The van der Waals surface area contributed by atoms with Gasteiger partial charge in [-0.25, -0.2) is 0 Å². The van der Waals surface area contributed by atoms with Crippen molar-refractivity contribution < 1.29 is 19.1 Å². The summed E-state index contributed by atoms with van der Waals surface area (Å²) in [4.78, 5) is 26.5. The first-order valence-corrected chi connectivity index (χ1v) is 9.12. The molecule has 2 aromatic rings. The lowest BCUT2D eigenvalue weighted by Gasteiger charge is -2.33. The Labute approximate surface area is 159 Å². The van der Waals surface area contributed by atoms with E-state index in [4.69, 9.17) is 9.47 Å². The van der Waals surface area contributed by atoms with Crippen molar-refractivity contribution >= 4 is 11.8 Å². The number of nitrogens with one attached hydrogen (secondary N) is 1. The molecule has 6 heteroatoms. The van der Waals surface area contributed by atoms with E-state index in [0.29, 0.717) is 37.6 Å². The van der Waals surface area contributed by atoms with E-state index < -0.39 is 0 Å². The van der Waals surface area contributed by atoms with Gasteiger partial charge in [-0.3, -0.25) is 9.59 Å². The first-order chi connectivity index (χ1) is 13.2. The first-order valence-electron chi connectivity index (χ1n) is 9.12. The number of carbonyl (C=O) groups excluding carboxylic acids is 2. The largest absolute Gasteiger partial charge is 0.494 e. The molecule has 0 aliphatic carbocycles. The molecule has 1 heterocycles. The zero-order chi connectivity index (χ0) is 19.1. The van der Waals surface area contributed by atoms with Crippen LogP contribution in [0.2, 0.25) is 0 Å². The van der Waals surface area contributed by atoms with Gasteiger partial charge in [0.05, 0.1) is 26.3 Å². The number of benzene rings is 2. The Morgan fingerprint density at radius 2 is 1.89 bits per heavy atom. The second-order valence-corrected chi connectivity index (χ2v) is 6.25. The van der Waals surface area contributed by atoms with Crippen molar-refractivity contribution in [3.63, 3.8) is 0 Å². The first kappa shape index (κ1) is 18.9. The van der Waals surface area contributed by atoms with Crippen LogP contribution in [0.5, 0.6) is 5.75 Å². The number of hydrogen-bond donors (Lipinski definition) is 1. The van der Waals surface area contributed by atoms with Crippen molar-refractivity contribution in [1.82, 2.24) is 10.2 Å². The van der Waals surface area contributed by atoms with Crippen molar-refractivity contribution in [3.8, 4) is 5.75 Å². The van der Waals surface area contributed by atoms with Crippen molar-refractivity contribution in [3.05, 3.63) is 65.7 Å². The molecule has 1 N–H and O–H groups in total. The summed E-state index contributed by atoms with van der Waals surface area (Å²) in [5.41, 5.74) is 1.55. The molecule has 2 amide bonds. The number of rotatable bonds is 6. The molecule has 142 valence electrons. The Balaban J connectivity index is 1.51. The highest BCUT2D eigenvalue weighted by atomic mass is 16.5. The van der Waals surface area contributed by atoms with Gasteiger partial charge in [-0.2, -0.15) is 0 Å². The van der Waals surface area contributed by atoms with Gasteiger partial charge in [-0.05, 0) is 36.8 Å². The highest BCUT2D eigenvalue weighted by Gasteiger charge is 2.25. The van der Waals surface area contributed by atoms with Crippen LogP contribution >= 0.6 is 0 Å². The lowest BCUT2D eigenvalue weighted by atomic mass is 10.1. The van der Waals surface area contributed by atoms with Crippen LogP contribution < -0.4 is 10.1 Å². The second kappa shape index (κ2) is 9.19. The summed E-state index contributed by atoms with van der Waals surface area (Å²) in [6.07, 6.45) is -0.134. The monoisotopic (exact) mass is 368 g/mol. The summed E-state index contributed by atoms with van der Waals surface area (Å²) in [5.74, 6) is 0.322. The van der Waals surface area contributed by atoms with Gasteiger partial charge in [0, 0.05) is 12.1 Å². The molecule has 1 fully saturated rings. The lowest BCUT2D eigenvalue weighted by Crippen LogP contribution is -2.46. The van der Waals surface area contributed by atoms with Gasteiger partial charge in [0.1, 0.15) is 11.9 Å². The Kier molecular flexibility index (Phi) is 6.44. The third-order valence-electron chi connectivity index (χ3n) is 4.42. The average Bonchev–Trinajstić information content (AvgIpc) is 2.73. The van der Waals surface area contributed by atoms with E-state index in [9.17, 15) is 9.59 Å². The molecular weight excluding hydrogens is 344 g/mol. The molecule has 0 saturated carbocycles. The summed E-state index contributed by atoms with van der Waals surface area (Å²) in [5, 5.41) is 2.69. The van der Waals surface area contributed by atoms with E-state index in [1.165, 1.54) is 0 Å².